The van der Waals surface area contributed by atoms with Crippen LogP contribution in [0.4, 0.5) is 0 Å². The molecule has 3 heterocycles. The molecular formula is C31H34N6O2. The Kier molecular flexibility index (Phi) is 7.02. The Balaban J connectivity index is 1.23. The number of methoxy groups -OCH3 is 1. The van der Waals surface area contributed by atoms with Gasteiger partial charge in [0.05, 0.1) is 16.9 Å². The van der Waals surface area contributed by atoms with E-state index < -0.39 is 0 Å². The van der Waals surface area contributed by atoms with Gasteiger partial charge >= 0.3 is 0 Å². The summed E-state index contributed by atoms with van der Waals surface area (Å²) in [5, 5.41) is 7.91. The van der Waals surface area contributed by atoms with Crippen molar-refractivity contribution >= 4 is 28.3 Å². The highest BCUT2D eigenvalue weighted by Crippen LogP contribution is 2.39. The summed E-state index contributed by atoms with van der Waals surface area (Å²) in [6.07, 6.45) is 8.20. The van der Waals surface area contributed by atoms with Gasteiger partial charge in [-0.1, -0.05) is 48.5 Å². The van der Waals surface area contributed by atoms with E-state index in [1.165, 1.54) is 0 Å². The Morgan fingerprint density at radius 3 is 2.67 bits per heavy atom. The molecule has 3 aliphatic rings. The third-order valence-electron chi connectivity index (χ3n) is 8.02. The number of amides is 1. The van der Waals surface area contributed by atoms with Crippen LogP contribution in [0.5, 0.6) is 0 Å². The highest BCUT2D eigenvalue weighted by atomic mass is 16.5. The van der Waals surface area contributed by atoms with Gasteiger partial charge in [0.15, 0.2) is 0 Å². The number of carbonyl (C=O) groups is 1. The molecular weight excluding hydrogens is 488 g/mol. The molecule has 0 spiro atoms. The number of pyridine rings is 1. The maximum absolute atomic E-state index is 11.8. The van der Waals surface area contributed by atoms with Crippen molar-refractivity contribution in [2.75, 3.05) is 20.3 Å². The van der Waals surface area contributed by atoms with Gasteiger partial charge in [0, 0.05) is 42.6 Å². The van der Waals surface area contributed by atoms with Crippen molar-refractivity contribution in [1.82, 2.24) is 20.5 Å². The van der Waals surface area contributed by atoms with E-state index in [4.69, 9.17) is 15.5 Å². The van der Waals surface area contributed by atoms with Gasteiger partial charge in [0.25, 0.3) is 0 Å². The first-order valence-corrected chi connectivity index (χ1v) is 13.6. The van der Waals surface area contributed by atoms with Crippen molar-refractivity contribution in [3.05, 3.63) is 84.3 Å². The number of aliphatic imine (C=N–C) groups is 1. The molecule has 3 aromatic rings. The molecule has 6 rings (SSSR count). The number of amidine groups is 1. The predicted octanol–water partition coefficient (Wildman–Crippen LogP) is 4.21. The molecule has 1 aromatic heterocycles. The zero-order valence-corrected chi connectivity index (χ0v) is 22.1. The van der Waals surface area contributed by atoms with Crippen molar-refractivity contribution in [1.29, 1.82) is 0 Å². The van der Waals surface area contributed by atoms with Gasteiger partial charge in [-0.15, -0.1) is 0 Å². The number of nitrogens with two attached hydrogens (primary N) is 1. The first-order chi connectivity index (χ1) is 19.1. The summed E-state index contributed by atoms with van der Waals surface area (Å²) < 4.78 is 4.92. The van der Waals surface area contributed by atoms with Crippen LogP contribution in [0, 0.1) is 11.8 Å². The molecule has 1 amide bonds. The Morgan fingerprint density at radius 2 is 1.87 bits per heavy atom. The van der Waals surface area contributed by atoms with E-state index in [0.717, 1.165) is 64.8 Å². The minimum atomic E-state index is -0.0513. The van der Waals surface area contributed by atoms with Crippen LogP contribution in [-0.4, -0.2) is 48.1 Å². The van der Waals surface area contributed by atoms with Crippen LogP contribution in [0.3, 0.4) is 0 Å². The Labute approximate surface area is 228 Å². The van der Waals surface area contributed by atoms with E-state index >= 15 is 0 Å². The monoisotopic (exact) mass is 522 g/mol. The molecule has 8 heteroatoms. The van der Waals surface area contributed by atoms with Crippen molar-refractivity contribution < 1.29 is 9.53 Å². The van der Waals surface area contributed by atoms with Crippen LogP contribution in [0.25, 0.3) is 27.9 Å². The third kappa shape index (κ3) is 5.12. The van der Waals surface area contributed by atoms with Gasteiger partial charge in [-0.3, -0.25) is 4.79 Å². The first-order valence-electron chi connectivity index (χ1n) is 13.6. The molecule has 39 heavy (non-hydrogen) atoms. The number of benzene rings is 2. The third-order valence-corrected chi connectivity index (χ3v) is 8.02. The molecule has 2 aromatic carbocycles. The Morgan fingerprint density at radius 1 is 1.08 bits per heavy atom. The van der Waals surface area contributed by atoms with E-state index in [1.807, 2.05) is 24.4 Å². The zero-order chi connectivity index (χ0) is 26.8. The molecule has 0 bridgehead atoms. The number of rotatable bonds is 7. The highest BCUT2D eigenvalue weighted by molar-refractivity contribution is 6.05. The van der Waals surface area contributed by atoms with Crippen LogP contribution in [0.2, 0.25) is 0 Å². The van der Waals surface area contributed by atoms with Gasteiger partial charge < -0.3 is 26.0 Å². The fourth-order valence-corrected chi connectivity index (χ4v) is 5.98. The number of nitrogens with zero attached hydrogens (tertiary/aromatic N) is 3. The zero-order valence-electron chi connectivity index (χ0n) is 22.1. The lowest BCUT2D eigenvalue weighted by molar-refractivity contribution is -0.125. The van der Waals surface area contributed by atoms with Gasteiger partial charge in [0.2, 0.25) is 5.91 Å². The SMILES string of the molecule is COCC(=O)NC[C@H]1CC[C@H](C2NC(c3ccc4ccc(-c5ccccc5)nc4c3)=C3C(N)=NC=CN32)CC1. The fourth-order valence-electron chi connectivity index (χ4n) is 5.98. The van der Waals surface area contributed by atoms with E-state index in [9.17, 15) is 4.79 Å². The molecule has 8 nitrogen and oxygen atoms in total. The fraction of sp³-hybridized carbons (Fsp3) is 0.323. The number of ether oxygens (including phenoxy) is 1. The Hall–Kier alpha value is -4.17. The lowest BCUT2D eigenvalue weighted by Gasteiger charge is -2.37. The molecule has 1 unspecified atom stereocenters. The minimum absolute atomic E-state index is 0.0513. The number of aromatic nitrogens is 1. The summed E-state index contributed by atoms with van der Waals surface area (Å²) in [5.74, 6) is 1.40. The van der Waals surface area contributed by atoms with Crippen LogP contribution >= 0.6 is 0 Å². The summed E-state index contributed by atoms with van der Waals surface area (Å²) in [6.45, 7) is 0.820. The van der Waals surface area contributed by atoms with Crippen LogP contribution in [0.15, 0.2) is 83.8 Å². The van der Waals surface area contributed by atoms with Gasteiger partial charge in [-0.25, -0.2) is 9.98 Å². The van der Waals surface area contributed by atoms with Crippen LogP contribution < -0.4 is 16.4 Å². The van der Waals surface area contributed by atoms with Crippen LogP contribution in [0.1, 0.15) is 31.2 Å². The molecule has 200 valence electrons. The second-order valence-electron chi connectivity index (χ2n) is 10.5. The molecule has 1 atom stereocenters. The number of fused-ring (bicyclic) bond motifs is 2. The normalized spacial score (nSPS) is 22.4. The number of nitrogens with one attached hydrogen (secondary N) is 2. The molecule has 1 aliphatic carbocycles. The topological polar surface area (TPSA) is 105 Å². The smallest absolute Gasteiger partial charge is 0.245 e. The number of carbonyl (C=O) groups excluding carboxylic acids is 1. The quantitative estimate of drug-likeness (QED) is 0.429. The average molecular weight is 523 g/mol. The summed E-state index contributed by atoms with van der Waals surface area (Å²) >= 11 is 0. The summed E-state index contributed by atoms with van der Waals surface area (Å²) in [7, 11) is 1.54. The van der Waals surface area contributed by atoms with Crippen molar-refractivity contribution in [3.8, 4) is 11.3 Å². The van der Waals surface area contributed by atoms with E-state index in [2.05, 4.69) is 63.0 Å². The standard InChI is InChI=1S/C31H34N6O2/c1-39-19-27(38)34-18-20-7-9-23(10-8-20)31-36-28(29-30(32)33-15-16-37(29)31)24-12-11-22-13-14-25(35-26(22)17-24)21-5-3-2-4-6-21/h2-6,11-17,20,23,31,36H,7-10,18-19H2,1H3,(H2,32,33)(H,34,38)/t20-,23-,31?. The van der Waals surface area contributed by atoms with E-state index in [-0.39, 0.29) is 18.7 Å². The van der Waals surface area contributed by atoms with Gasteiger partial charge in [0.1, 0.15) is 24.3 Å². The Bertz CT molecular complexity index is 1460. The average Bonchev–Trinajstić information content (AvgIpc) is 3.37. The number of hydrogen-bond acceptors (Lipinski definition) is 7. The van der Waals surface area contributed by atoms with Crippen molar-refractivity contribution in [2.45, 2.75) is 31.8 Å². The van der Waals surface area contributed by atoms with Crippen molar-refractivity contribution in [3.63, 3.8) is 0 Å². The minimum Gasteiger partial charge on any atom is -0.382 e. The number of hydrogen-bond donors (Lipinski definition) is 3. The second-order valence-corrected chi connectivity index (χ2v) is 10.5. The van der Waals surface area contributed by atoms with Crippen molar-refractivity contribution in [2.24, 2.45) is 22.6 Å². The molecule has 1 fully saturated rings. The molecule has 4 N–H and O–H groups in total. The second kappa shape index (κ2) is 10.9. The maximum atomic E-state index is 11.8. The lowest BCUT2D eigenvalue weighted by Crippen LogP contribution is -2.44. The van der Waals surface area contributed by atoms with Crippen LogP contribution in [-0.2, 0) is 9.53 Å². The summed E-state index contributed by atoms with van der Waals surface area (Å²) in [5.41, 5.74) is 12.4. The molecule has 2 aliphatic heterocycles. The largest absolute Gasteiger partial charge is 0.382 e. The van der Waals surface area contributed by atoms with E-state index in [1.54, 1.807) is 13.3 Å². The predicted molar refractivity (Wildman–Crippen MR) is 154 cm³/mol. The molecule has 1 saturated carbocycles. The molecule has 0 radical (unpaired) electrons. The summed E-state index contributed by atoms with van der Waals surface area (Å²) in [6, 6.07) is 20.8. The highest BCUT2D eigenvalue weighted by Gasteiger charge is 2.39. The molecule has 0 saturated heterocycles. The lowest BCUT2D eigenvalue weighted by atomic mass is 9.80. The van der Waals surface area contributed by atoms with Gasteiger partial charge in [-0.2, -0.15) is 0 Å². The summed E-state index contributed by atoms with van der Waals surface area (Å²) in [4.78, 5) is 23.5. The van der Waals surface area contributed by atoms with Gasteiger partial charge in [-0.05, 0) is 49.7 Å². The first kappa shape index (κ1) is 25.1. The van der Waals surface area contributed by atoms with E-state index in [0.29, 0.717) is 24.2 Å². The maximum Gasteiger partial charge on any atom is 0.245 e.